The van der Waals surface area contributed by atoms with Gasteiger partial charge in [0, 0.05) is 24.1 Å². The fourth-order valence-electron chi connectivity index (χ4n) is 2.57. The van der Waals surface area contributed by atoms with Gasteiger partial charge in [0.2, 0.25) is 5.88 Å². The first-order chi connectivity index (χ1) is 12.8. The number of halogens is 1. The van der Waals surface area contributed by atoms with Crippen LogP contribution in [0.1, 0.15) is 15.9 Å². The van der Waals surface area contributed by atoms with Gasteiger partial charge in [0.1, 0.15) is 11.4 Å². The number of nitro groups is 1. The van der Waals surface area contributed by atoms with Crippen LogP contribution in [0, 0.1) is 15.9 Å². The van der Waals surface area contributed by atoms with Crippen LogP contribution in [0.2, 0.25) is 0 Å². The molecule has 1 amide bonds. The van der Waals surface area contributed by atoms with Gasteiger partial charge in [-0.2, -0.15) is 0 Å². The van der Waals surface area contributed by atoms with E-state index in [2.05, 4.69) is 5.32 Å². The van der Waals surface area contributed by atoms with Crippen molar-refractivity contribution in [3.63, 3.8) is 0 Å². The van der Waals surface area contributed by atoms with Gasteiger partial charge in [0.25, 0.3) is 17.2 Å². The van der Waals surface area contributed by atoms with Crippen LogP contribution in [0.3, 0.4) is 0 Å². The summed E-state index contributed by atoms with van der Waals surface area (Å²) >= 11 is 0. The predicted octanol–water partition coefficient (Wildman–Crippen LogP) is 1.92. The number of non-ortho nitro benzene ring substituents is 1. The summed E-state index contributed by atoms with van der Waals surface area (Å²) in [5.74, 6) is -2.28. The Bertz CT molecular complexity index is 1120. The molecule has 10 heteroatoms. The van der Waals surface area contributed by atoms with E-state index >= 15 is 0 Å². The Hall–Kier alpha value is -3.95. The third-order valence-electron chi connectivity index (χ3n) is 3.92. The Balaban J connectivity index is 2.04. The summed E-state index contributed by atoms with van der Waals surface area (Å²) in [6, 6.07) is 8.43. The fourth-order valence-corrected chi connectivity index (χ4v) is 2.57. The average Bonchev–Trinajstić information content (AvgIpc) is 2.65. The molecule has 0 aliphatic carbocycles. The van der Waals surface area contributed by atoms with E-state index in [0.29, 0.717) is 5.56 Å². The number of nitrogens with zero attached hydrogens (tertiary/aromatic N) is 2. The van der Waals surface area contributed by atoms with Gasteiger partial charge in [0.05, 0.1) is 10.3 Å². The molecule has 0 radical (unpaired) electrons. The molecular formula is C17H12FN3O6. The van der Waals surface area contributed by atoms with Gasteiger partial charge in [0.15, 0.2) is 0 Å². The van der Waals surface area contributed by atoms with Crippen LogP contribution in [0.25, 0.3) is 10.8 Å². The van der Waals surface area contributed by atoms with Crippen LogP contribution in [0.15, 0.2) is 47.3 Å². The van der Waals surface area contributed by atoms with Crippen LogP contribution in [-0.4, -0.2) is 25.9 Å². The van der Waals surface area contributed by atoms with Gasteiger partial charge in [-0.3, -0.25) is 19.7 Å². The lowest BCUT2D eigenvalue weighted by molar-refractivity contribution is -0.384. The zero-order valence-electron chi connectivity index (χ0n) is 13.5. The Morgan fingerprint density at radius 2 is 1.85 bits per heavy atom. The van der Waals surface area contributed by atoms with Gasteiger partial charge in [-0.15, -0.1) is 4.73 Å². The first-order valence-corrected chi connectivity index (χ1v) is 7.57. The molecule has 2 aromatic carbocycles. The maximum atomic E-state index is 12.9. The van der Waals surface area contributed by atoms with Gasteiger partial charge >= 0.3 is 0 Å². The second-order valence-corrected chi connectivity index (χ2v) is 5.61. The molecule has 0 aliphatic rings. The van der Waals surface area contributed by atoms with E-state index in [1.165, 1.54) is 24.3 Å². The molecule has 0 unspecified atom stereocenters. The molecule has 0 fully saturated rings. The van der Waals surface area contributed by atoms with Gasteiger partial charge < -0.3 is 15.6 Å². The lowest BCUT2D eigenvalue weighted by Gasteiger charge is -2.12. The monoisotopic (exact) mass is 373 g/mol. The number of aromatic nitrogens is 1. The zero-order chi connectivity index (χ0) is 19.7. The molecule has 0 atom stereocenters. The highest BCUT2D eigenvalue weighted by molar-refractivity contribution is 6.09. The normalized spacial score (nSPS) is 10.7. The van der Waals surface area contributed by atoms with E-state index < -0.39 is 39.3 Å². The maximum Gasteiger partial charge on any atom is 0.294 e. The van der Waals surface area contributed by atoms with Gasteiger partial charge in [-0.05, 0) is 23.8 Å². The summed E-state index contributed by atoms with van der Waals surface area (Å²) in [5.41, 5.74) is -1.38. The largest absolute Gasteiger partial charge is 0.492 e. The third kappa shape index (κ3) is 3.27. The number of aromatic hydroxyl groups is 1. The first kappa shape index (κ1) is 17.9. The van der Waals surface area contributed by atoms with Crippen molar-refractivity contribution in [1.29, 1.82) is 0 Å². The number of carbonyl (C=O) groups excluding carboxylic acids is 1. The number of pyridine rings is 1. The molecular weight excluding hydrogens is 361 g/mol. The minimum Gasteiger partial charge on any atom is -0.492 e. The smallest absolute Gasteiger partial charge is 0.294 e. The van der Waals surface area contributed by atoms with Crippen LogP contribution in [0.5, 0.6) is 5.88 Å². The van der Waals surface area contributed by atoms with Crippen molar-refractivity contribution in [3.8, 4) is 5.88 Å². The number of nitrogens with one attached hydrogen (secondary N) is 1. The quantitative estimate of drug-likeness (QED) is 0.363. The van der Waals surface area contributed by atoms with Gasteiger partial charge in [-0.25, -0.2) is 4.39 Å². The zero-order valence-corrected chi connectivity index (χ0v) is 13.5. The Kier molecular flexibility index (Phi) is 4.46. The van der Waals surface area contributed by atoms with Gasteiger partial charge in [-0.1, -0.05) is 12.1 Å². The van der Waals surface area contributed by atoms with Crippen molar-refractivity contribution >= 4 is 22.4 Å². The van der Waals surface area contributed by atoms with Crippen LogP contribution in [-0.2, 0) is 6.54 Å². The molecule has 27 heavy (non-hydrogen) atoms. The maximum absolute atomic E-state index is 12.9. The summed E-state index contributed by atoms with van der Waals surface area (Å²) in [7, 11) is 0. The molecule has 0 spiro atoms. The summed E-state index contributed by atoms with van der Waals surface area (Å²) in [5, 5.41) is 32.8. The lowest BCUT2D eigenvalue weighted by atomic mass is 10.1. The van der Waals surface area contributed by atoms with Crippen molar-refractivity contribution < 1.29 is 24.4 Å². The molecule has 3 N–H and O–H groups in total. The van der Waals surface area contributed by atoms with E-state index in [9.17, 15) is 34.4 Å². The Morgan fingerprint density at radius 1 is 1.19 bits per heavy atom. The van der Waals surface area contributed by atoms with Crippen molar-refractivity contribution in [2.45, 2.75) is 6.54 Å². The van der Waals surface area contributed by atoms with E-state index in [1.54, 1.807) is 0 Å². The number of rotatable bonds is 4. The molecule has 3 rings (SSSR count). The van der Waals surface area contributed by atoms with Crippen molar-refractivity contribution in [2.24, 2.45) is 0 Å². The minimum absolute atomic E-state index is 0.0163. The second-order valence-electron chi connectivity index (χ2n) is 5.61. The molecule has 1 aromatic heterocycles. The molecule has 0 aliphatic heterocycles. The standard InChI is InChI=1S/C17H12FN3O6/c18-10-3-1-9(2-4-10)8-19-15(22)14-12-6-5-11(21(26)27)7-13(12)16(23)20(25)17(14)24/h1-7,24-25H,8H2,(H,19,22). The molecule has 138 valence electrons. The minimum atomic E-state index is -1.11. The highest BCUT2D eigenvalue weighted by Gasteiger charge is 2.23. The summed E-state index contributed by atoms with van der Waals surface area (Å²) < 4.78 is 12.8. The van der Waals surface area contributed by atoms with Crippen molar-refractivity contribution in [2.75, 3.05) is 0 Å². The number of hydrogen-bond acceptors (Lipinski definition) is 6. The lowest BCUT2D eigenvalue weighted by Crippen LogP contribution is -2.27. The van der Waals surface area contributed by atoms with Crippen LogP contribution in [0.4, 0.5) is 10.1 Å². The number of benzene rings is 2. The van der Waals surface area contributed by atoms with E-state index in [1.807, 2.05) is 0 Å². The average molecular weight is 373 g/mol. The number of fused-ring (bicyclic) bond motifs is 1. The fraction of sp³-hybridized carbons (Fsp3) is 0.0588. The van der Waals surface area contributed by atoms with E-state index in [4.69, 9.17) is 0 Å². The summed E-state index contributed by atoms with van der Waals surface area (Å²) in [4.78, 5) is 34.7. The predicted molar refractivity (Wildman–Crippen MR) is 91.3 cm³/mol. The highest BCUT2D eigenvalue weighted by Crippen LogP contribution is 2.27. The second kappa shape index (κ2) is 6.75. The van der Waals surface area contributed by atoms with E-state index in [-0.39, 0.29) is 22.0 Å². The highest BCUT2D eigenvalue weighted by atomic mass is 19.1. The van der Waals surface area contributed by atoms with E-state index in [0.717, 1.165) is 18.2 Å². The summed E-state index contributed by atoms with van der Waals surface area (Å²) in [6.45, 7) is -0.0163. The molecule has 0 saturated heterocycles. The number of carbonyl (C=O) groups is 1. The Morgan fingerprint density at radius 3 is 2.48 bits per heavy atom. The van der Waals surface area contributed by atoms with Crippen molar-refractivity contribution in [3.05, 3.63) is 79.9 Å². The number of nitro benzene ring substituents is 1. The summed E-state index contributed by atoms with van der Waals surface area (Å²) in [6.07, 6.45) is 0. The third-order valence-corrected chi connectivity index (χ3v) is 3.92. The SMILES string of the molecule is O=C(NCc1ccc(F)cc1)c1c(O)n(O)c(=O)c2cc([N+](=O)[O-])ccc12. The molecule has 0 bridgehead atoms. The van der Waals surface area contributed by atoms with Crippen LogP contribution >= 0.6 is 0 Å². The number of amides is 1. The number of hydrogen-bond donors (Lipinski definition) is 3. The molecule has 0 saturated carbocycles. The first-order valence-electron chi connectivity index (χ1n) is 7.57. The topological polar surface area (TPSA) is 135 Å². The van der Waals surface area contributed by atoms with Crippen molar-refractivity contribution in [1.82, 2.24) is 10.0 Å². The molecule has 3 aromatic rings. The Labute approximate surface area is 150 Å². The van der Waals surface area contributed by atoms with Crippen LogP contribution < -0.4 is 10.9 Å². The molecule has 1 heterocycles. The molecule has 9 nitrogen and oxygen atoms in total.